The third-order valence-corrected chi connectivity index (χ3v) is 6.77. The largest absolute Gasteiger partial charge is 0.574 e. The molecule has 3 aromatic heterocycles. The van der Waals surface area contributed by atoms with Crippen LogP contribution in [0.1, 0.15) is 24.6 Å². The van der Waals surface area contributed by atoms with E-state index in [1.807, 2.05) is 0 Å². The molecular formula is C20H20ClF3N6O5S. The first-order chi connectivity index (χ1) is 17.1. The number of hydrogen-bond acceptors (Lipinski definition) is 10. The van der Waals surface area contributed by atoms with Crippen LogP contribution in [0.25, 0.3) is 11.4 Å². The maximum Gasteiger partial charge on any atom is 0.574 e. The molecule has 4 heterocycles. The Morgan fingerprint density at radius 2 is 1.97 bits per heavy atom. The lowest BCUT2D eigenvalue weighted by Crippen LogP contribution is -2.25. The Labute approximate surface area is 208 Å². The van der Waals surface area contributed by atoms with E-state index >= 15 is 0 Å². The number of aryl methyl sites for hydroxylation is 1. The summed E-state index contributed by atoms with van der Waals surface area (Å²) in [5.74, 6) is -1.33. The predicted molar refractivity (Wildman–Crippen MR) is 119 cm³/mol. The lowest BCUT2D eigenvalue weighted by molar-refractivity contribution is -0.276. The van der Waals surface area contributed by atoms with E-state index in [0.29, 0.717) is 17.5 Å². The zero-order valence-electron chi connectivity index (χ0n) is 18.8. The van der Waals surface area contributed by atoms with Crippen LogP contribution in [0, 0.1) is 0 Å². The summed E-state index contributed by atoms with van der Waals surface area (Å²) in [5.41, 5.74) is 0.119. The van der Waals surface area contributed by atoms with Gasteiger partial charge in [-0.05, 0) is 13.0 Å². The zero-order valence-corrected chi connectivity index (χ0v) is 20.3. The standard InChI is InChI=1S/C20H20ClF3N6O5S/c1-2-33-9-13-10-34-17-14(3-5-25-19(17)35-20(22,23)24)18-29-28-16(30(13)18)11-36(31,32)6-4-15-26-7-12(21)8-27-15/h3,5,7-8,13H,2,4,6,9-11H2,1H3/t13-/m0/s1. The minimum Gasteiger partial charge on any atom is -0.485 e. The molecule has 0 aromatic carbocycles. The first-order valence-corrected chi connectivity index (χ1v) is 12.8. The Hall–Kier alpha value is -3.04. The van der Waals surface area contributed by atoms with E-state index in [4.69, 9.17) is 21.1 Å². The van der Waals surface area contributed by atoms with Gasteiger partial charge in [0, 0.05) is 31.6 Å². The van der Waals surface area contributed by atoms with Crippen LogP contribution in [0.3, 0.4) is 0 Å². The predicted octanol–water partition coefficient (Wildman–Crippen LogP) is 2.81. The monoisotopic (exact) mass is 548 g/mol. The molecule has 4 rings (SSSR count). The van der Waals surface area contributed by atoms with E-state index in [-0.39, 0.29) is 48.3 Å². The van der Waals surface area contributed by atoms with Crippen molar-refractivity contribution in [2.24, 2.45) is 0 Å². The molecule has 0 fully saturated rings. The molecule has 36 heavy (non-hydrogen) atoms. The molecule has 0 N–H and O–H groups in total. The first-order valence-electron chi connectivity index (χ1n) is 10.6. The normalized spacial score (nSPS) is 15.5. The van der Waals surface area contributed by atoms with Crippen LogP contribution in [0.5, 0.6) is 11.6 Å². The molecule has 0 saturated heterocycles. The molecule has 1 aliphatic heterocycles. The molecule has 0 amide bonds. The molecular weight excluding hydrogens is 529 g/mol. The molecule has 0 unspecified atom stereocenters. The van der Waals surface area contributed by atoms with E-state index in [2.05, 4.69) is 29.9 Å². The van der Waals surface area contributed by atoms with Crippen LogP contribution in [0.4, 0.5) is 13.2 Å². The molecule has 0 bridgehead atoms. The Bertz CT molecular complexity index is 1320. The Balaban J connectivity index is 1.66. The Morgan fingerprint density at radius 3 is 2.67 bits per heavy atom. The summed E-state index contributed by atoms with van der Waals surface area (Å²) in [6.45, 7) is 2.02. The van der Waals surface area contributed by atoms with Gasteiger partial charge < -0.3 is 18.8 Å². The van der Waals surface area contributed by atoms with Crippen LogP contribution in [-0.2, 0) is 26.7 Å². The molecule has 1 atom stereocenters. The summed E-state index contributed by atoms with van der Waals surface area (Å²) in [7, 11) is -3.72. The fraction of sp³-hybridized carbons (Fsp3) is 0.450. The minimum absolute atomic E-state index is 0.0542. The lowest BCUT2D eigenvalue weighted by Gasteiger charge is -2.19. The number of hydrogen-bond donors (Lipinski definition) is 0. The van der Waals surface area contributed by atoms with Crippen molar-refractivity contribution in [1.29, 1.82) is 0 Å². The van der Waals surface area contributed by atoms with Crippen molar-refractivity contribution >= 4 is 21.4 Å². The summed E-state index contributed by atoms with van der Waals surface area (Å²) in [5, 5.41) is 8.45. The van der Waals surface area contributed by atoms with Gasteiger partial charge in [-0.1, -0.05) is 11.6 Å². The summed E-state index contributed by atoms with van der Waals surface area (Å²) in [4.78, 5) is 11.6. The molecule has 16 heteroatoms. The van der Waals surface area contributed by atoms with Gasteiger partial charge in [0.2, 0.25) is 0 Å². The molecule has 1 aliphatic rings. The van der Waals surface area contributed by atoms with Crippen molar-refractivity contribution in [3.05, 3.63) is 41.3 Å². The van der Waals surface area contributed by atoms with Gasteiger partial charge in [-0.15, -0.1) is 23.4 Å². The second-order valence-electron chi connectivity index (χ2n) is 7.63. The molecule has 194 valence electrons. The van der Waals surface area contributed by atoms with Gasteiger partial charge >= 0.3 is 6.36 Å². The average Bonchev–Trinajstić information content (AvgIpc) is 3.13. The number of nitrogens with zero attached hydrogens (tertiary/aromatic N) is 6. The quantitative estimate of drug-likeness (QED) is 0.393. The van der Waals surface area contributed by atoms with Crippen LogP contribution in [0.15, 0.2) is 24.7 Å². The van der Waals surface area contributed by atoms with Gasteiger partial charge in [-0.3, -0.25) is 0 Å². The van der Waals surface area contributed by atoms with Crippen molar-refractivity contribution in [1.82, 2.24) is 29.7 Å². The Morgan fingerprint density at radius 1 is 1.22 bits per heavy atom. The van der Waals surface area contributed by atoms with E-state index < -0.39 is 33.9 Å². The fourth-order valence-corrected chi connectivity index (χ4v) is 4.86. The van der Waals surface area contributed by atoms with Crippen molar-refractivity contribution in [2.75, 3.05) is 25.6 Å². The van der Waals surface area contributed by atoms with Crippen LogP contribution < -0.4 is 9.47 Å². The first kappa shape index (κ1) is 26.0. The SMILES string of the molecule is CCOC[C@H]1COc2c(ccnc2OC(F)(F)F)-c2nnc(CS(=O)(=O)CCc3ncc(Cl)cn3)n21. The van der Waals surface area contributed by atoms with E-state index in [0.717, 1.165) is 6.20 Å². The van der Waals surface area contributed by atoms with Gasteiger partial charge in [-0.2, -0.15) is 0 Å². The summed E-state index contributed by atoms with van der Waals surface area (Å²) in [6.07, 6.45) is -1.10. The molecule has 0 spiro atoms. The maximum absolute atomic E-state index is 12.9. The van der Waals surface area contributed by atoms with Crippen LogP contribution >= 0.6 is 11.6 Å². The lowest BCUT2D eigenvalue weighted by atomic mass is 10.2. The highest BCUT2D eigenvalue weighted by Gasteiger charge is 2.37. The molecule has 0 radical (unpaired) electrons. The smallest absolute Gasteiger partial charge is 0.485 e. The number of halogens is 4. The highest BCUT2D eigenvalue weighted by molar-refractivity contribution is 7.90. The van der Waals surface area contributed by atoms with Gasteiger partial charge in [0.15, 0.2) is 21.4 Å². The van der Waals surface area contributed by atoms with Gasteiger partial charge in [0.1, 0.15) is 24.0 Å². The number of aromatic nitrogens is 6. The average molecular weight is 549 g/mol. The van der Waals surface area contributed by atoms with Gasteiger partial charge in [0.05, 0.1) is 29.0 Å². The van der Waals surface area contributed by atoms with Gasteiger partial charge in [-0.25, -0.2) is 23.4 Å². The molecule has 0 aliphatic carbocycles. The number of fused-ring (bicyclic) bond motifs is 3. The highest BCUT2D eigenvalue weighted by atomic mass is 35.5. The summed E-state index contributed by atoms with van der Waals surface area (Å²) < 4.78 is 81.2. The molecule has 3 aromatic rings. The highest BCUT2D eigenvalue weighted by Crippen LogP contribution is 2.41. The van der Waals surface area contributed by atoms with Crippen molar-refractivity contribution in [2.45, 2.75) is 31.5 Å². The maximum atomic E-state index is 12.9. The third kappa shape index (κ3) is 6.20. The number of alkyl halides is 3. The van der Waals surface area contributed by atoms with E-state index in [1.54, 1.807) is 6.92 Å². The topological polar surface area (TPSA) is 131 Å². The van der Waals surface area contributed by atoms with Crippen LogP contribution in [0.2, 0.25) is 5.02 Å². The third-order valence-electron chi connectivity index (χ3n) is 5.05. The van der Waals surface area contributed by atoms with Crippen LogP contribution in [-0.4, -0.2) is 70.1 Å². The van der Waals surface area contributed by atoms with Crippen molar-refractivity contribution in [3.8, 4) is 23.0 Å². The van der Waals surface area contributed by atoms with Gasteiger partial charge in [0.25, 0.3) is 5.88 Å². The number of rotatable bonds is 9. The fourth-order valence-electron chi connectivity index (χ4n) is 3.53. The van der Waals surface area contributed by atoms with E-state index in [1.165, 1.54) is 23.0 Å². The molecule has 11 nitrogen and oxygen atoms in total. The van der Waals surface area contributed by atoms with Crippen molar-refractivity contribution < 1.29 is 35.8 Å². The Kier molecular flexibility index (Phi) is 7.61. The summed E-state index contributed by atoms with van der Waals surface area (Å²) >= 11 is 5.76. The number of ether oxygens (including phenoxy) is 3. The van der Waals surface area contributed by atoms with E-state index in [9.17, 15) is 21.6 Å². The second-order valence-corrected chi connectivity index (χ2v) is 10.3. The zero-order chi connectivity index (χ0) is 25.9. The number of pyridine rings is 1. The summed E-state index contributed by atoms with van der Waals surface area (Å²) in [6, 6.07) is 0.754. The second kappa shape index (κ2) is 10.5. The molecule has 0 saturated carbocycles. The van der Waals surface area contributed by atoms with Crippen molar-refractivity contribution in [3.63, 3.8) is 0 Å². The minimum atomic E-state index is -5.00. The number of sulfone groups is 1.